The van der Waals surface area contributed by atoms with E-state index in [0.717, 1.165) is 29.3 Å². The summed E-state index contributed by atoms with van der Waals surface area (Å²) in [5.41, 5.74) is 2.70. The van der Waals surface area contributed by atoms with Crippen LogP contribution in [0.5, 0.6) is 0 Å². The maximum Gasteiger partial charge on any atom is 0.294 e. The van der Waals surface area contributed by atoms with Crippen LogP contribution < -0.4 is 0 Å². The minimum atomic E-state index is -0.494. The number of unbranched alkanes of at least 4 members (excludes halogenated alkanes) is 1. The molecule has 0 bridgehead atoms. The molecule has 0 aliphatic rings. The summed E-state index contributed by atoms with van der Waals surface area (Å²) in [6.45, 7) is 2.62. The molecule has 0 spiro atoms. The number of amides is 1. The molecule has 0 unspecified atom stereocenters. The summed E-state index contributed by atoms with van der Waals surface area (Å²) in [5, 5.41) is 1.37. The van der Waals surface area contributed by atoms with Gasteiger partial charge in [0.25, 0.3) is 11.7 Å². The number of rotatable bonds is 6. The lowest BCUT2D eigenvalue weighted by molar-refractivity contribution is -0.125. The van der Waals surface area contributed by atoms with E-state index >= 15 is 0 Å². The number of halogens is 1. The largest absolute Gasteiger partial charge is 0.354 e. The molecule has 1 N–H and O–H groups in total. The number of likely N-dealkylation sites (N-methyl/N-ethyl adjacent to an activating group) is 1. The van der Waals surface area contributed by atoms with Crippen molar-refractivity contribution in [2.24, 2.45) is 0 Å². The molecule has 134 valence electrons. The third kappa shape index (κ3) is 3.51. The fourth-order valence-electron chi connectivity index (χ4n) is 2.99. The van der Waals surface area contributed by atoms with Crippen molar-refractivity contribution in [3.63, 3.8) is 0 Å². The zero-order valence-corrected chi connectivity index (χ0v) is 15.6. The zero-order chi connectivity index (χ0) is 18.7. The first-order chi connectivity index (χ1) is 12.5. The van der Waals surface area contributed by atoms with Gasteiger partial charge < -0.3 is 9.88 Å². The second-order valence-electron chi connectivity index (χ2n) is 6.34. The number of aromatic amines is 1. The first kappa shape index (κ1) is 18.2. The number of Topliss-reactive ketones (excluding diaryl/α,β-unsaturated/α-hetero) is 1. The lowest BCUT2D eigenvalue weighted by Gasteiger charge is -2.16. The van der Waals surface area contributed by atoms with E-state index in [1.54, 1.807) is 19.2 Å². The summed E-state index contributed by atoms with van der Waals surface area (Å²) in [4.78, 5) is 30.5. The molecule has 3 aromatic rings. The Morgan fingerprint density at radius 3 is 2.46 bits per heavy atom. The van der Waals surface area contributed by atoms with E-state index < -0.39 is 11.7 Å². The molecular formula is C21H21ClN2O2. The van der Waals surface area contributed by atoms with E-state index in [9.17, 15) is 9.59 Å². The molecule has 0 saturated heterocycles. The van der Waals surface area contributed by atoms with Gasteiger partial charge in [-0.25, -0.2) is 0 Å². The summed E-state index contributed by atoms with van der Waals surface area (Å²) in [7, 11) is 1.67. The van der Waals surface area contributed by atoms with Gasteiger partial charge in [-0.1, -0.05) is 55.3 Å². The summed E-state index contributed by atoms with van der Waals surface area (Å²) in [6, 6.07) is 14.7. The molecule has 5 heteroatoms. The minimum absolute atomic E-state index is 0.413. The number of nitrogens with zero attached hydrogens (tertiary/aromatic N) is 1. The van der Waals surface area contributed by atoms with Gasteiger partial charge in [-0.3, -0.25) is 9.59 Å². The molecule has 0 aliphatic carbocycles. The van der Waals surface area contributed by atoms with Crippen LogP contribution >= 0.6 is 11.6 Å². The summed E-state index contributed by atoms with van der Waals surface area (Å²) in [6.07, 6.45) is 1.84. The van der Waals surface area contributed by atoms with Gasteiger partial charge in [-0.15, -0.1) is 0 Å². The first-order valence-electron chi connectivity index (χ1n) is 8.69. The van der Waals surface area contributed by atoms with E-state index in [2.05, 4.69) is 11.9 Å². The SMILES string of the molecule is CCCCN(C)C(=O)C(=O)c1c(-c2ccc(Cl)cc2)[nH]c2ccccc12. The van der Waals surface area contributed by atoms with Crippen LogP contribution in [0.1, 0.15) is 30.1 Å². The number of para-hydroxylation sites is 1. The standard InChI is InChI=1S/C21H21ClN2O2/c1-3-4-13-24(2)21(26)20(25)18-16-7-5-6-8-17(16)23-19(18)14-9-11-15(22)12-10-14/h5-12,23H,3-4,13H2,1-2H3. The van der Waals surface area contributed by atoms with Crippen molar-refractivity contribution < 1.29 is 9.59 Å². The highest BCUT2D eigenvalue weighted by Crippen LogP contribution is 2.31. The second kappa shape index (κ2) is 7.75. The van der Waals surface area contributed by atoms with Crippen LogP contribution in [0.4, 0.5) is 0 Å². The highest BCUT2D eigenvalue weighted by molar-refractivity contribution is 6.46. The molecule has 0 atom stereocenters. The maximum absolute atomic E-state index is 13.0. The molecule has 4 nitrogen and oxygen atoms in total. The Morgan fingerprint density at radius 2 is 1.77 bits per heavy atom. The van der Waals surface area contributed by atoms with Crippen LogP contribution in [0.2, 0.25) is 5.02 Å². The smallest absolute Gasteiger partial charge is 0.294 e. The van der Waals surface area contributed by atoms with Crippen molar-refractivity contribution in [3.8, 4) is 11.3 Å². The van der Waals surface area contributed by atoms with Crippen LogP contribution in [-0.4, -0.2) is 35.2 Å². The molecule has 1 amide bonds. The van der Waals surface area contributed by atoms with Gasteiger partial charge in [-0.05, 0) is 30.2 Å². The topological polar surface area (TPSA) is 53.2 Å². The monoisotopic (exact) mass is 368 g/mol. The average Bonchev–Trinajstić information content (AvgIpc) is 3.04. The number of benzene rings is 2. The molecule has 2 aromatic carbocycles. The molecule has 0 fully saturated rings. The Bertz CT molecular complexity index is 944. The number of hydrogen-bond acceptors (Lipinski definition) is 2. The van der Waals surface area contributed by atoms with Crippen LogP contribution in [-0.2, 0) is 4.79 Å². The van der Waals surface area contributed by atoms with Crippen LogP contribution in [0.25, 0.3) is 22.2 Å². The number of fused-ring (bicyclic) bond motifs is 1. The Labute approximate surface area is 157 Å². The molecule has 0 radical (unpaired) electrons. The number of nitrogens with one attached hydrogen (secondary N) is 1. The van der Waals surface area contributed by atoms with Crippen LogP contribution in [0.3, 0.4) is 0 Å². The van der Waals surface area contributed by atoms with Gasteiger partial charge in [-0.2, -0.15) is 0 Å². The average molecular weight is 369 g/mol. The number of aromatic nitrogens is 1. The molecule has 0 saturated carbocycles. The van der Waals surface area contributed by atoms with Gasteiger partial charge in [0.15, 0.2) is 0 Å². The summed E-state index contributed by atoms with van der Waals surface area (Å²) >= 11 is 5.98. The zero-order valence-electron chi connectivity index (χ0n) is 14.9. The normalized spacial score (nSPS) is 10.9. The van der Waals surface area contributed by atoms with E-state index in [4.69, 9.17) is 11.6 Å². The lowest BCUT2D eigenvalue weighted by atomic mass is 10.0. The fourth-order valence-corrected chi connectivity index (χ4v) is 3.11. The first-order valence-corrected chi connectivity index (χ1v) is 9.07. The number of carbonyl (C=O) groups is 2. The highest BCUT2D eigenvalue weighted by Gasteiger charge is 2.27. The molecule has 1 aromatic heterocycles. The Kier molecular flexibility index (Phi) is 5.43. The van der Waals surface area contributed by atoms with E-state index in [0.29, 0.717) is 22.8 Å². The van der Waals surface area contributed by atoms with E-state index in [1.165, 1.54) is 4.90 Å². The van der Waals surface area contributed by atoms with Crippen LogP contribution in [0, 0.1) is 0 Å². The van der Waals surface area contributed by atoms with Crippen molar-refractivity contribution in [2.75, 3.05) is 13.6 Å². The summed E-state index contributed by atoms with van der Waals surface area (Å²) < 4.78 is 0. The van der Waals surface area contributed by atoms with Crippen LogP contribution in [0.15, 0.2) is 48.5 Å². The quantitative estimate of drug-likeness (QED) is 0.495. The second-order valence-corrected chi connectivity index (χ2v) is 6.77. The Morgan fingerprint density at radius 1 is 1.08 bits per heavy atom. The number of carbonyl (C=O) groups excluding carboxylic acids is 2. The number of H-pyrrole nitrogens is 1. The fraction of sp³-hybridized carbons (Fsp3) is 0.238. The van der Waals surface area contributed by atoms with Gasteiger partial charge in [0.1, 0.15) is 0 Å². The van der Waals surface area contributed by atoms with Crippen molar-refractivity contribution in [3.05, 3.63) is 59.1 Å². The third-order valence-corrected chi connectivity index (χ3v) is 4.71. The molecule has 1 heterocycles. The highest BCUT2D eigenvalue weighted by atomic mass is 35.5. The van der Waals surface area contributed by atoms with Gasteiger partial charge in [0.05, 0.1) is 11.3 Å². The molecular weight excluding hydrogens is 348 g/mol. The molecule has 26 heavy (non-hydrogen) atoms. The van der Waals surface area contributed by atoms with Crippen molar-refractivity contribution >= 4 is 34.2 Å². The predicted molar refractivity (Wildman–Crippen MR) is 106 cm³/mol. The van der Waals surface area contributed by atoms with E-state index in [1.807, 2.05) is 36.4 Å². The third-order valence-electron chi connectivity index (χ3n) is 4.45. The van der Waals surface area contributed by atoms with Gasteiger partial charge >= 0.3 is 0 Å². The van der Waals surface area contributed by atoms with E-state index in [-0.39, 0.29) is 0 Å². The van der Waals surface area contributed by atoms with Gasteiger partial charge in [0, 0.05) is 29.5 Å². The Hall–Kier alpha value is -2.59. The van der Waals surface area contributed by atoms with Gasteiger partial charge in [0.2, 0.25) is 0 Å². The van der Waals surface area contributed by atoms with Crippen molar-refractivity contribution in [1.82, 2.24) is 9.88 Å². The predicted octanol–water partition coefficient (Wildman–Crippen LogP) is 4.93. The van der Waals surface area contributed by atoms with Crippen molar-refractivity contribution in [2.45, 2.75) is 19.8 Å². The molecule has 0 aliphatic heterocycles. The maximum atomic E-state index is 13.0. The number of ketones is 1. The molecule has 3 rings (SSSR count). The summed E-state index contributed by atoms with van der Waals surface area (Å²) in [5.74, 6) is -0.982. The minimum Gasteiger partial charge on any atom is -0.354 e. The Balaban J connectivity index is 2.08. The lowest BCUT2D eigenvalue weighted by Crippen LogP contribution is -2.34. The number of hydrogen-bond donors (Lipinski definition) is 1. The van der Waals surface area contributed by atoms with Crippen molar-refractivity contribution in [1.29, 1.82) is 0 Å².